The van der Waals surface area contributed by atoms with E-state index in [0.29, 0.717) is 5.46 Å². The third kappa shape index (κ3) is 3.95. The summed E-state index contributed by atoms with van der Waals surface area (Å²) in [6.07, 6.45) is 2.26. The maximum Gasteiger partial charge on any atom is 0.488 e. The van der Waals surface area contributed by atoms with Crippen molar-refractivity contribution in [2.24, 2.45) is 0 Å². The van der Waals surface area contributed by atoms with Gasteiger partial charge in [-0.05, 0) is 28.6 Å². The summed E-state index contributed by atoms with van der Waals surface area (Å²) < 4.78 is 0. The Bertz CT molecular complexity index is 489. The van der Waals surface area contributed by atoms with Crippen molar-refractivity contribution in [2.75, 3.05) is 0 Å². The van der Waals surface area contributed by atoms with Gasteiger partial charge in [0.1, 0.15) is 0 Å². The van der Waals surface area contributed by atoms with Crippen LogP contribution in [0.2, 0.25) is 0 Å². The molecule has 0 spiro atoms. The maximum absolute atomic E-state index is 9.04. The van der Waals surface area contributed by atoms with Crippen LogP contribution < -0.4 is 5.46 Å². The Morgan fingerprint density at radius 2 is 1.32 bits per heavy atom. The zero-order valence-corrected chi connectivity index (χ0v) is 10.5. The minimum Gasteiger partial charge on any atom is -0.423 e. The Kier molecular flexibility index (Phi) is 5.80. The minimum absolute atomic E-state index is 0. The second-order valence-electron chi connectivity index (χ2n) is 4.44. The van der Waals surface area contributed by atoms with Crippen molar-refractivity contribution in [3.05, 3.63) is 54.1 Å². The fourth-order valence-electron chi connectivity index (χ4n) is 2.00. The molecule has 0 saturated carbocycles. The molecule has 0 unspecified atom stereocenters. The molecule has 0 saturated heterocycles. The standard InChI is InChI=1S/C15H17BO2.CH4/c1-2-3-12-4-6-13(7-5-12)14-8-10-15(11-9-14)16(17)18;/h4-11,17-18H,2-3H2,1H3;1H4. The van der Waals surface area contributed by atoms with E-state index in [1.54, 1.807) is 12.1 Å². The molecular weight excluding hydrogens is 235 g/mol. The number of benzene rings is 2. The summed E-state index contributed by atoms with van der Waals surface area (Å²) in [5.41, 5.74) is 4.10. The lowest BCUT2D eigenvalue weighted by Crippen LogP contribution is -2.29. The van der Waals surface area contributed by atoms with Gasteiger partial charge in [-0.2, -0.15) is 0 Å². The highest BCUT2D eigenvalue weighted by Crippen LogP contribution is 2.19. The third-order valence-corrected chi connectivity index (χ3v) is 3.03. The predicted molar refractivity (Wildman–Crippen MR) is 82.4 cm³/mol. The first-order valence-electron chi connectivity index (χ1n) is 6.26. The summed E-state index contributed by atoms with van der Waals surface area (Å²) in [6.45, 7) is 2.17. The highest BCUT2D eigenvalue weighted by Gasteiger charge is 2.09. The number of rotatable bonds is 4. The average molecular weight is 256 g/mol. The molecule has 100 valence electrons. The highest BCUT2D eigenvalue weighted by molar-refractivity contribution is 6.58. The number of hydrogen-bond donors (Lipinski definition) is 2. The molecule has 0 aliphatic rings. The molecule has 0 bridgehead atoms. The zero-order valence-electron chi connectivity index (χ0n) is 10.5. The van der Waals surface area contributed by atoms with Crippen LogP contribution in [-0.4, -0.2) is 17.2 Å². The van der Waals surface area contributed by atoms with Crippen LogP contribution in [0, 0.1) is 0 Å². The Balaban J connectivity index is 0.00000180. The van der Waals surface area contributed by atoms with Gasteiger partial charge < -0.3 is 10.0 Å². The van der Waals surface area contributed by atoms with Crippen molar-refractivity contribution in [1.29, 1.82) is 0 Å². The van der Waals surface area contributed by atoms with Crippen LogP contribution in [0.3, 0.4) is 0 Å². The van der Waals surface area contributed by atoms with Gasteiger partial charge in [0.15, 0.2) is 0 Å². The normalized spacial score (nSPS) is 9.84. The molecule has 0 aliphatic carbocycles. The molecule has 2 aromatic rings. The second-order valence-corrected chi connectivity index (χ2v) is 4.44. The van der Waals surface area contributed by atoms with Crippen LogP contribution in [0.15, 0.2) is 48.5 Å². The zero-order chi connectivity index (χ0) is 13.0. The van der Waals surface area contributed by atoms with Crippen molar-refractivity contribution >= 4 is 12.6 Å². The monoisotopic (exact) mass is 256 g/mol. The topological polar surface area (TPSA) is 40.5 Å². The SMILES string of the molecule is C.CCCc1ccc(-c2ccc(B(O)O)cc2)cc1. The van der Waals surface area contributed by atoms with E-state index in [-0.39, 0.29) is 7.43 Å². The number of aryl methyl sites for hydroxylation is 1. The summed E-state index contributed by atoms with van der Waals surface area (Å²) in [5, 5.41) is 18.1. The summed E-state index contributed by atoms with van der Waals surface area (Å²) in [7, 11) is -1.40. The van der Waals surface area contributed by atoms with Crippen molar-refractivity contribution < 1.29 is 10.0 Å². The predicted octanol–water partition coefficient (Wildman–Crippen LogP) is 2.62. The molecule has 0 aliphatic heterocycles. The molecule has 0 fully saturated rings. The largest absolute Gasteiger partial charge is 0.488 e. The Hall–Kier alpha value is -1.58. The average Bonchev–Trinajstić information content (AvgIpc) is 2.40. The molecule has 0 aromatic heterocycles. The first-order valence-corrected chi connectivity index (χ1v) is 6.26. The quantitative estimate of drug-likeness (QED) is 0.825. The fraction of sp³-hybridized carbons (Fsp3) is 0.250. The van der Waals surface area contributed by atoms with Crippen LogP contribution in [-0.2, 0) is 6.42 Å². The van der Waals surface area contributed by atoms with Gasteiger partial charge in [-0.25, -0.2) is 0 Å². The van der Waals surface area contributed by atoms with Crippen molar-refractivity contribution in [2.45, 2.75) is 27.2 Å². The van der Waals surface area contributed by atoms with Gasteiger partial charge >= 0.3 is 7.12 Å². The van der Waals surface area contributed by atoms with Crippen LogP contribution in [0.4, 0.5) is 0 Å². The van der Waals surface area contributed by atoms with E-state index in [4.69, 9.17) is 10.0 Å². The van der Waals surface area contributed by atoms with Gasteiger partial charge in [-0.3, -0.25) is 0 Å². The summed E-state index contributed by atoms with van der Waals surface area (Å²) in [5.74, 6) is 0. The minimum atomic E-state index is -1.40. The smallest absolute Gasteiger partial charge is 0.423 e. The van der Waals surface area contributed by atoms with Crippen molar-refractivity contribution in [3.63, 3.8) is 0 Å². The lowest BCUT2D eigenvalue weighted by atomic mass is 9.80. The summed E-state index contributed by atoms with van der Waals surface area (Å²) >= 11 is 0. The molecule has 0 atom stereocenters. The first-order chi connectivity index (χ1) is 8.70. The lowest BCUT2D eigenvalue weighted by Gasteiger charge is -2.05. The van der Waals surface area contributed by atoms with Crippen molar-refractivity contribution in [1.82, 2.24) is 0 Å². The Labute approximate surface area is 115 Å². The van der Waals surface area contributed by atoms with Gasteiger partial charge in [0.05, 0.1) is 0 Å². The Morgan fingerprint density at radius 3 is 1.74 bits per heavy atom. The van der Waals surface area contributed by atoms with E-state index in [1.807, 2.05) is 12.1 Å². The van der Waals surface area contributed by atoms with E-state index in [0.717, 1.165) is 24.0 Å². The molecule has 3 heteroatoms. The van der Waals surface area contributed by atoms with E-state index >= 15 is 0 Å². The van der Waals surface area contributed by atoms with E-state index in [9.17, 15) is 0 Å². The van der Waals surface area contributed by atoms with Gasteiger partial charge in [0, 0.05) is 0 Å². The van der Waals surface area contributed by atoms with Gasteiger partial charge in [-0.1, -0.05) is 69.3 Å². The van der Waals surface area contributed by atoms with Gasteiger partial charge in [-0.15, -0.1) is 0 Å². The number of hydrogen-bond acceptors (Lipinski definition) is 2. The molecule has 2 nitrogen and oxygen atoms in total. The summed E-state index contributed by atoms with van der Waals surface area (Å²) in [4.78, 5) is 0. The molecule has 0 radical (unpaired) electrons. The van der Waals surface area contributed by atoms with Gasteiger partial charge in [0.25, 0.3) is 0 Å². The molecule has 2 N–H and O–H groups in total. The van der Waals surface area contributed by atoms with Crippen LogP contribution in [0.25, 0.3) is 11.1 Å². The van der Waals surface area contributed by atoms with Crippen LogP contribution >= 0.6 is 0 Å². The lowest BCUT2D eigenvalue weighted by molar-refractivity contribution is 0.426. The molecule has 0 amide bonds. The molecule has 19 heavy (non-hydrogen) atoms. The first kappa shape index (κ1) is 15.5. The second kappa shape index (κ2) is 7.12. The maximum atomic E-state index is 9.04. The molecular formula is C16H21BO2. The molecule has 0 heterocycles. The third-order valence-electron chi connectivity index (χ3n) is 3.03. The van der Waals surface area contributed by atoms with E-state index in [2.05, 4.69) is 31.2 Å². The highest BCUT2D eigenvalue weighted by atomic mass is 16.4. The fourth-order valence-corrected chi connectivity index (χ4v) is 2.00. The molecule has 2 rings (SSSR count). The van der Waals surface area contributed by atoms with E-state index in [1.165, 1.54) is 5.56 Å². The van der Waals surface area contributed by atoms with Gasteiger partial charge in [0.2, 0.25) is 0 Å². The van der Waals surface area contributed by atoms with E-state index < -0.39 is 7.12 Å². The van der Waals surface area contributed by atoms with Crippen LogP contribution in [0.1, 0.15) is 26.3 Å². The van der Waals surface area contributed by atoms with Crippen LogP contribution in [0.5, 0.6) is 0 Å². The molecule has 2 aromatic carbocycles. The summed E-state index contributed by atoms with van der Waals surface area (Å²) in [6, 6.07) is 15.8. The van der Waals surface area contributed by atoms with Crippen molar-refractivity contribution in [3.8, 4) is 11.1 Å². The Morgan fingerprint density at radius 1 is 0.842 bits per heavy atom.